The predicted molar refractivity (Wildman–Crippen MR) is 73.8 cm³/mol. The number of thiophene rings is 1. The number of pyridine rings is 1. The van der Waals surface area contributed by atoms with Gasteiger partial charge in [0.15, 0.2) is 0 Å². The molecule has 2 aromatic heterocycles. The molecule has 0 aliphatic rings. The largest absolute Gasteiger partial charge is 0.347 e. The van der Waals surface area contributed by atoms with Crippen molar-refractivity contribution in [2.24, 2.45) is 0 Å². The van der Waals surface area contributed by atoms with Crippen molar-refractivity contribution in [3.05, 3.63) is 51.5 Å². The zero-order valence-corrected chi connectivity index (χ0v) is 11.4. The molecule has 2 heterocycles. The SMILES string of the molecule is CCc1cc(C(=O)NCc2ccncc2)sc1C. The van der Waals surface area contributed by atoms with E-state index in [2.05, 4.69) is 24.1 Å². The third kappa shape index (κ3) is 2.96. The van der Waals surface area contributed by atoms with Gasteiger partial charge in [0.1, 0.15) is 0 Å². The standard InChI is InChI=1S/C14H16N2OS/c1-3-12-8-13(18-10(12)2)14(17)16-9-11-4-6-15-7-5-11/h4-8H,3,9H2,1-2H3,(H,16,17). The summed E-state index contributed by atoms with van der Waals surface area (Å²) in [6.45, 7) is 4.70. The Morgan fingerprint density at radius 2 is 2.11 bits per heavy atom. The van der Waals surface area contributed by atoms with Crippen LogP contribution >= 0.6 is 11.3 Å². The first-order valence-corrected chi connectivity index (χ1v) is 6.78. The Morgan fingerprint density at radius 3 is 2.72 bits per heavy atom. The number of carbonyl (C=O) groups is 1. The maximum absolute atomic E-state index is 12.0. The van der Waals surface area contributed by atoms with Crippen LogP contribution in [0.5, 0.6) is 0 Å². The van der Waals surface area contributed by atoms with Gasteiger partial charge in [-0.3, -0.25) is 9.78 Å². The van der Waals surface area contributed by atoms with Crippen LogP contribution in [0.3, 0.4) is 0 Å². The molecule has 0 aliphatic heterocycles. The molecule has 2 aromatic rings. The monoisotopic (exact) mass is 260 g/mol. The van der Waals surface area contributed by atoms with Gasteiger partial charge in [0.2, 0.25) is 0 Å². The summed E-state index contributed by atoms with van der Waals surface area (Å²) in [5, 5.41) is 2.92. The number of nitrogens with one attached hydrogen (secondary N) is 1. The van der Waals surface area contributed by atoms with E-state index in [1.54, 1.807) is 23.7 Å². The number of hydrogen-bond acceptors (Lipinski definition) is 3. The van der Waals surface area contributed by atoms with Gasteiger partial charge in [-0.1, -0.05) is 6.92 Å². The van der Waals surface area contributed by atoms with Gasteiger partial charge in [-0.2, -0.15) is 0 Å². The van der Waals surface area contributed by atoms with Gasteiger partial charge in [0.25, 0.3) is 5.91 Å². The van der Waals surface area contributed by atoms with E-state index in [1.807, 2.05) is 18.2 Å². The van der Waals surface area contributed by atoms with Gasteiger partial charge in [-0.25, -0.2) is 0 Å². The summed E-state index contributed by atoms with van der Waals surface area (Å²) in [4.78, 5) is 17.9. The van der Waals surface area contributed by atoms with E-state index in [0.717, 1.165) is 16.9 Å². The van der Waals surface area contributed by atoms with Crippen molar-refractivity contribution in [2.45, 2.75) is 26.8 Å². The molecule has 0 fully saturated rings. The van der Waals surface area contributed by atoms with Crippen molar-refractivity contribution >= 4 is 17.2 Å². The predicted octanol–water partition coefficient (Wildman–Crippen LogP) is 2.94. The zero-order chi connectivity index (χ0) is 13.0. The first-order valence-electron chi connectivity index (χ1n) is 5.97. The summed E-state index contributed by atoms with van der Waals surface area (Å²) in [5.74, 6) is -0.000359. The van der Waals surface area contributed by atoms with Gasteiger partial charge in [-0.15, -0.1) is 11.3 Å². The van der Waals surface area contributed by atoms with Gasteiger partial charge in [0.05, 0.1) is 4.88 Å². The molecule has 1 N–H and O–H groups in total. The molecule has 3 nitrogen and oxygen atoms in total. The normalized spacial score (nSPS) is 10.3. The number of aryl methyl sites for hydroxylation is 2. The first-order chi connectivity index (χ1) is 8.70. The molecule has 0 aliphatic carbocycles. The molecule has 0 atom stereocenters. The van der Waals surface area contributed by atoms with E-state index in [0.29, 0.717) is 6.54 Å². The average molecular weight is 260 g/mol. The molecular weight excluding hydrogens is 244 g/mol. The van der Waals surface area contributed by atoms with Gasteiger partial charge < -0.3 is 5.32 Å². The number of carbonyl (C=O) groups excluding carboxylic acids is 1. The third-order valence-electron chi connectivity index (χ3n) is 2.83. The summed E-state index contributed by atoms with van der Waals surface area (Å²) in [6, 6.07) is 5.79. The fourth-order valence-electron chi connectivity index (χ4n) is 1.75. The molecule has 0 radical (unpaired) electrons. The molecule has 94 valence electrons. The summed E-state index contributed by atoms with van der Waals surface area (Å²) >= 11 is 1.56. The molecule has 4 heteroatoms. The van der Waals surface area contributed by atoms with E-state index in [4.69, 9.17) is 0 Å². The maximum Gasteiger partial charge on any atom is 0.261 e. The van der Waals surface area contributed by atoms with E-state index < -0.39 is 0 Å². The van der Waals surface area contributed by atoms with Crippen molar-refractivity contribution in [3.63, 3.8) is 0 Å². The molecule has 18 heavy (non-hydrogen) atoms. The Kier molecular flexibility index (Phi) is 4.10. The quantitative estimate of drug-likeness (QED) is 0.918. The smallest absolute Gasteiger partial charge is 0.261 e. The van der Waals surface area contributed by atoms with E-state index in [-0.39, 0.29) is 5.91 Å². The second-order valence-electron chi connectivity index (χ2n) is 4.08. The lowest BCUT2D eigenvalue weighted by Crippen LogP contribution is -2.21. The van der Waals surface area contributed by atoms with Crippen molar-refractivity contribution in [2.75, 3.05) is 0 Å². The van der Waals surface area contributed by atoms with Crippen LogP contribution in [-0.2, 0) is 13.0 Å². The Morgan fingerprint density at radius 1 is 1.39 bits per heavy atom. The molecule has 0 saturated heterocycles. The van der Waals surface area contributed by atoms with Crippen LogP contribution in [0.2, 0.25) is 0 Å². The fourth-order valence-corrected chi connectivity index (χ4v) is 2.78. The summed E-state index contributed by atoms with van der Waals surface area (Å²) < 4.78 is 0. The van der Waals surface area contributed by atoms with Crippen LogP contribution in [0.1, 0.15) is 32.6 Å². The highest BCUT2D eigenvalue weighted by Gasteiger charge is 2.10. The summed E-state index contributed by atoms with van der Waals surface area (Å²) in [6.07, 6.45) is 4.43. The topological polar surface area (TPSA) is 42.0 Å². The maximum atomic E-state index is 12.0. The molecule has 0 saturated carbocycles. The highest BCUT2D eigenvalue weighted by Crippen LogP contribution is 2.21. The highest BCUT2D eigenvalue weighted by atomic mass is 32.1. The number of amides is 1. The number of aromatic nitrogens is 1. The van der Waals surface area contributed by atoms with Crippen molar-refractivity contribution in [1.29, 1.82) is 0 Å². The minimum atomic E-state index is -0.000359. The molecule has 1 amide bonds. The van der Waals surface area contributed by atoms with Crippen LogP contribution in [0.15, 0.2) is 30.6 Å². The van der Waals surface area contributed by atoms with E-state index in [9.17, 15) is 4.79 Å². The molecular formula is C14H16N2OS. The molecule has 0 aromatic carbocycles. The van der Waals surface area contributed by atoms with Crippen molar-refractivity contribution in [3.8, 4) is 0 Å². The Hall–Kier alpha value is -1.68. The lowest BCUT2D eigenvalue weighted by molar-refractivity contribution is 0.0955. The van der Waals surface area contributed by atoms with Gasteiger partial charge in [-0.05, 0) is 42.7 Å². The molecule has 0 bridgehead atoms. The van der Waals surface area contributed by atoms with Crippen molar-refractivity contribution < 1.29 is 4.79 Å². The average Bonchev–Trinajstić information content (AvgIpc) is 2.78. The third-order valence-corrected chi connectivity index (χ3v) is 3.92. The van der Waals surface area contributed by atoms with Gasteiger partial charge >= 0.3 is 0 Å². The lowest BCUT2D eigenvalue weighted by atomic mass is 10.2. The second kappa shape index (κ2) is 5.78. The molecule has 0 spiro atoms. The Labute approximate surface area is 111 Å². The van der Waals surface area contributed by atoms with Crippen molar-refractivity contribution in [1.82, 2.24) is 10.3 Å². The van der Waals surface area contributed by atoms with Crippen LogP contribution in [0.25, 0.3) is 0 Å². The van der Waals surface area contributed by atoms with Crippen LogP contribution in [0.4, 0.5) is 0 Å². The number of nitrogens with zero attached hydrogens (tertiary/aromatic N) is 1. The van der Waals surface area contributed by atoms with Gasteiger partial charge in [0, 0.05) is 23.8 Å². The van der Waals surface area contributed by atoms with E-state index >= 15 is 0 Å². The Balaban J connectivity index is 1.99. The van der Waals surface area contributed by atoms with Crippen LogP contribution in [0, 0.1) is 6.92 Å². The zero-order valence-electron chi connectivity index (χ0n) is 10.6. The number of hydrogen-bond donors (Lipinski definition) is 1. The summed E-state index contributed by atoms with van der Waals surface area (Å²) in [7, 11) is 0. The van der Waals surface area contributed by atoms with E-state index in [1.165, 1.54) is 10.4 Å². The lowest BCUT2D eigenvalue weighted by Gasteiger charge is -2.02. The summed E-state index contributed by atoms with van der Waals surface area (Å²) in [5.41, 5.74) is 2.32. The second-order valence-corrected chi connectivity index (χ2v) is 5.34. The molecule has 0 unspecified atom stereocenters. The number of rotatable bonds is 4. The van der Waals surface area contributed by atoms with Crippen LogP contribution < -0.4 is 5.32 Å². The molecule has 2 rings (SSSR count). The Bertz CT molecular complexity index is 534. The first kappa shape index (κ1) is 12.8. The highest BCUT2D eigenvalue weighted by molar-refractivity contribution is 7.14. The van der Waals surface area contributed by atoms with Crippen LogP contribution in [-0.4, -0.2) is 10.9 Å². The fraction of sp³-hybridized carbons (Fsp3) is 0.286. The minimum absolute atomic E-state index is 0.000359. The minimum Gasteiger partial charge on any atom is -0.347 e.